The highest BCUT2D eigenvalue weighted by atomic mass is 32.2. The van der Waals surface area contributed by atoms with Crippen LogP contribution in [0, 0.1) is 0 Å². The molecular weight excluding hydrogens is 336 g/mol. The fraction of sp³-hybridized carbons (Fsp3) is 0.0870. The summed E-state index contributed by atoms with van der Waals surface area (Å²) in [7, 11) is 4.30. The van der Waals surface area contributed by atoms with Crippen LogP contribution in [0.25, 0.3) is 27.8 Å². The number of pyridine rings is 1. The van der Waals surface area contributed by atoms with Crippen LogP contribution in [0.1, 0.15) is 5.69 Å². The summed E-state index contributed by atoms with van der Waals surface area (Å²) in [6.07, 6.45) is 2.28. The van der Waals surface area contributed by atoms with Crippen molar-refractivity contribution >= 4 is 45.2 Å². The number of rotatable bonds is 1. The van der Waals surface area contributed by atoms with Crippen molar-refractivity contribution in [2.24, 2.45) is 7.05 Å². The number of para-hydroxylation sites is 1. The number of hydrogen-bond donors (Lipinski definition) is 0. The first-order chi connectivity index (χ1) is 12.7. The van der Waals surface area contributed by atoms with Crippen LogP contribution < -0.4 is 9.47 Å². The van der Waals surface area contributed by atoms with Crippen molar-refractivity contribution in [3.8, 4) is 0 Å². The Balaban J connectivity index is 1.69. The Labute approximate surface area is 157 Å². The third kappa shape index (κ3) is 2.31. The minimum absolute atomic E-state index is 1.20. The van der Waals surface area contributed by atoms with Gasteiger partial charge in [-0.1, -0.05) is 48.2 Å². The Morgan fingerprint density at radius 2 is 1.58 bits per heavy atom. The maximum atomic E-state index is 2.31. The fourth-order valence-corrected chi connectivity index (χ4v) is 4.81. The Bertz CT molecular complexity index is 1190. The van der Waals surface area contributed by atoms with Crippen molar-refractivity contribution < 1.29 is 4.57 Å². The van der Waals surface area contributed by atoms with E-state index in [9.17, 15) is 0 Å². The monoisotopic (exact) mass is 355 g/mol. The van der Waals surface area contributed by atoms with Crippen molar-refractivity contribution in [2.75, 3.05) is 11.9 Å². The minimum atomic E-state index is 1.20. The summed E-state index contributed by atoms with van der Waals surface area (Å²) in [6.45, 7) is 0. The van der Waals surface area contributed by atoms with Gasteiger partial charge in [-0.3, -0.25) is 0 Å². The molecule has 0 radical (unpaired) electrons. The van der Waals surface area contributed by atoms with Gasteiger partial charge in [0.25, 0.3) is 0 Å². The molecule has 0 saturated heterocycles. The maximum Gasteiger partial charge on any atom is 0.220 e. The molecule has 3 heteroatoms. The second-order valence-corrected chi connectivity index (χ2v) is 7.72. The third-order valence-electron chi connectivity index (χ3n) is 5.13. The second kappa shape index (κ2) is 5.89. The second-order valence-electron chi connectivity index (χ2n) is 6.65. The van der Waals surface area contributed by atoms with E-state index in [1.54, 1.807) is 0 Å². The number of benzene rings is 3. The topological polar surface area (TPSA) is 7.12 Å². The Hall–Kier alpha value is -2.78. The van der Waals surface area contributed by atoms with Crippen molar-refractivity contribution in [3.05, 3.63) is 83.5 Å². The number of nitrogens with zero attached hydrogens (tertiary/aromatic N) is 2. The molecule has 1 aliphatic heterocycles. The van der Waals surface area contributed by atoms with Crippen molar-refractivity contribution in [1.82, 2.24) is 0 Å². The molecule has 0 N–H and O–H groups in total. The van der Waals surface area contributed by atoms with E-state index in [4.69, 9.17) is 0 Å². The largest absolute Gasteiger partial charge is 0.338 e. The van der Waals surface area contributed by atoms with Crippen molar-refractivity contribution in [3.63, 3.8) is 0 Å². The fourth-order valence-electron chi connectivity index (χ4n) is 3.72. The number of anilines is 1. The number of hydrogen-bond acceptors (Lipinski definition) is 2. The molecule has 2 heterocycles. The average molecular weight is 355 g/mol. The van der Waals surface area contributed by atoms with E-state index in [1.165, 1.54) is 43.0 Å². The van der Waals surface area contributed by atoms with Gasteiger partial charge in [0.1, 0.15) is 7.05 Å². The number of aryl methyl sites for hydroxylation is 1. The minimum Gasteiger partial charge on any atom is -0.338 e. The van der Waals surface area contributed by atoms with Gasteiger partial charge in [0.2, 0.25) is 11.2 Å². The van der Waals surface area contributed by atoms with Crippen LogP contribution in [0.2, 0.25) is 0 Å². The summed E-state index contributed by atoms with van der Waals surface area (Å²) in [5.41, 5.74) is 3.76. The molecule has 0 saturated carbocycles. The highest BCUT2D eigenvalue weighted by Crippen LogP contribution is 2.45. The van der Waals surface area contributed by atoms with E-state index >= 15 is 0 Å². The van der Waals surface area contributed by atoms with Crippen LogP contribution in [0.15, 0.2) is 82.7 Å². The summed E-state index contributed by atoms with van der Waals surface area (Å²) in [4.78, 5) is 3.59. The third-order valence-corrected chi connectivity index (χ3v) is 6.30. The zero-order chi connectivity index (χ0) is 17.7. The quantitative estimate of drug-likeness (QED) is 0.335. The van der Waals surface area contributed by atoms with Gasteiger partial charge in [0, 0.05) is 29.5 Å². The molecule has 0 fully saturated rings. The van der Waals surface area contributed by atoms with Gasteiger partial charge >= 0.3 is 0 Å². The molecule has 0 aliphatic carbocycles. The first-order valence-electron chi connectivity index (χ1n) is 8.75. The lowest BCUT2D eigenvalue weighted by Crippen LogP contribution is -2.33. The molecule has 26 heavy (non-hydrogen) atoms. The Morgan fingerprint density at radius 3 is 2.46 bits per heavy atom. The average Bonchev–Trinajstić information content (AvgIpc) is 2.99. The van der Waals surface area contributed by atoms with Crippen LogP contribution in [-0.4, -0.2) is 7.05 Å². The molecule has 1 aliphatic rings. The smallest absolute Gasteiger partial charge is 0.220 e. The predicted molar refractivity (Wildman–Crippen MR) is 111 cm³/mol. The van der Waals surface area contributed by atoms with Gasteiger partial charge in [-0.05, 0) is 35.7 Å². The SMILES string of the molecule is CN1/C(=C/c2ccc3ccc4ccccc4c3[n+]2C)Sc2ccccc21. The maximum absolute atomic E-state index is 2.31. The molecule has 0 unspecified atom stereocenters. The van der Waals surface area contributed by atoms with E-state index in [2.05, 4.69) is 102 Å². The van der Waals surface area contributed by atoms with E-state index in [0.29, 0.717) is 0 Å². The lowest BCUT2D eigenvalue weighted by molar-refractivity contribution is -0.645. The molecule has 5 rings (SSSR count). The molecule has 126 valence electrons. The molecular formula is C23H19N2S+. The summed E-state index contributed by atoms with van der Waals surface area (Å²) in [6, 6.07) is 26.0. The van der Waals surface area contributed by atoms with E-state index in [0.717, 1.165) is 0 Å². The number of aromatic nitrogens is 1. The van der Waals surface area contributed by atoms with E-state index < -0.39 is 0 Å². The Morgan fingerprint density at radius 1 is 0.846 bits per heavy atom. The van der Waals surface area contributed by atoms with Crippen LogP contribution in [-0.2, 0) is 7.05 Å². The van der Waals surface area contributed by atoms with Crippen LogP contribution >= 0.6 is 11.8 Å². The lowest BCUT2D eigenvalue weighted by atomic mass is 10.1. The highest BCUT2D eigenvalue weighted by molar-refractivity contribution is 8.03. The highest BCUT2D eigenvalue weighted by Gasteiger charge is 2.23. The molecule has 4 aromatic rings. The van der Waals surface area contributed by atoms with Gasteiger partial charge in [-0.25, -0.2) is 0 Å². The molecule has 1 aromatic heterocycles. The van der Waals surface area contributed by atoms with Gasteiger partial charge < -0.3 is 4.90 Å². The summed E-state index contributed by atoms with van der Waals surface area (Å²) >= 11 is 1.83. The number of thioether (sulfide) groups is 1. The van der Waals surface area contributed by atoms with Crippen LogP contribution in [0.5, 0.6) is 0 Å². The van der Waals surface area contributed by atoms with Crippen molar-refractivity contribution in [2.45, 2.75) is 4.90 Å². The molecule has 0 atom stereocenters. The van der Waals surface area contributed by atoms with Gasteiger partial charge in [0.05, 0.1) is 16.1 Å². The summed E-state index contributed by atoms with van der Waals surface area (Å²) < 4.78 is 2.31. The van der Waals surface area contributed by atoms with Gasteiger partial charge in [-0.2, -0.15) is 4.57 Å². The standard InChI is InChI=1S/C23H19N2S/c1-24-18(15-22-25(2)20-9-5-6-10-21(20)26-22)14-13-17-12-11-16-7-3-4-8-19(16)23(17)24/h3-15H,1-2H3/q+1. The van der Waals surface area contributed by atoms with Gasteiger partial charge in [-0.15, -0.1) is 0 Å². The summed E-state index contributed by atoms with van der Waals surface area (Å²) in [5.74, 6) is 0. The van der Waals surface area contributed by atoms with Crippen LogP contribution in [0.4, 0.5) is 5.69 Å². The molecule has 0 spiro atoms. The van der Waals surface area contributed by atoms with Crippen molar-refractivity contribution in [1.29, 1.82) is 0 Å². The molecule has 0 bridgehead atoms. The van der Waals surface area contributed by atoms with E-state index in [-0.39, 0.29) is 0 Å². The van der Waals surface area contributed by atoms with Gasteiger partial charge in [0.15, 0.2) is 0 Å². The van der Waals surface area contributed by atoms with Crippen LogP contribution in [0.3, 0.4) is 0 Å². The predicted octanol–water partition coefficient (Wildman–Crippen LogP) is 5.36. The lowest BCUT2D eigenvalue weighted by Gasteiger charge is -2.13. The molecule has 0 amide bonds. The summed E-state index contributed by atoms with van der Waals surface area (Å²) in [5, 5.41) is 5.09. The number of fused-ring (bicyclic) bond motifs is 4. The first-order valence-corrected chi connectivity index (χ1v) is 9.57. The normalized spacial score (nSPS) is 15.2. The Kier molecular flexibility index (Phi) is 3.50. The molecule has 3 aromatic carbocycles. The molecule has 2 nitrogen and oxygen atoms in total. The van der Waals surface area contributed by atoms with E-state index in [1.807, 2.05) is 11.8 Å². The zero-order valence-corrected chi connectivity index (χ0v) is 15.6. The zero-order valence-electron chi connectivity index (χ0n) is 14.8. The first kappa shape index (κ1) is 15.5.